The van der Waals surface area contributed by atoms with Crippen molar-refractivity contribution < 1.29 is 9.84 Å². The van der Waals surface area contributed by atoms with Crippen molar-refractivity contribution in [3.8, 4) is 22.9 Å². The number of aromatic nitrogens is 2. The van der Waals surface area contributed by atoms with Crippen LogP contribution in [0.1, 0.15) is 5.56 Å². The monoisotopic (exact) mass is 281 g/mol. The Balaban J connectivity index is 1.99. The summed E-state index contributed by atoms with van der Waals surface area (Å²) in [5.74, 6) is 1.62. The van der Waals surface area contributed by atoms with E-state index in [0.717, 1.165) is 11.3 Å². The molecule has 0 unspecified atom stereocenters. The van der Waals surface area contributed by atoms with Crippen molar-refractivity contribution in [1.29, 1.82) is 0 Å². The second kappa shape index (κ2) is 5.20. The lowest BCUT2D eigenvalue weighted by Crippen LogP contribution is -2.02. The number of nitrogens with zero attached hydrogens (tertiary/aromatic N) is 2. The smallest absolute Gasteiger partial charge is 0.171 e. The molecule has 5 heteroatoms. The maximum absolute atomic E-state index is 9.93. The first-order chi connectivity index (χ1) is 10.1. The van der Waals surface area contributed by atoms with E-state index in [-0.39, 0.29) is 5.75 Å². The summed E-state index contributed by atoms with van der Waals surface area (Å²) in [7, 11) is 0. The van der Waals surface area contributed by atoms with Gasteiger partial charge in [0, 0.05) is 11.6 Å². The number of nitrogens with two attached hydrogens (primary N) is 1. The number of nitrogen functional groups attached to an aromatic ring is 1. The number of para-hydroxylation sites is 1. The zero-order chi connectivity index (χ0) is 14.8. The number of phenols is 1. The molecule has 3 N–H and O–H groups in total. The minimum Gasteiger partial charge on any atom is -0.504 e. The van der Waals surface area contributed by atoms with Crippen LogP contribution in [0.3, 0.4) is 0 Å². The number of rotatable bonds is 3. The molecule has 106 valence electrons. The Hall–Kier alpha value is -2.95. The topological polar surface area (TPSA) is 73.3 Å². The predicted molar refractivity (Wildman–Crippen MR) is 80.9 cm³/mol. The first-order valence-corrected chi connectivity index (χ1v) is 6.51. The van der Waals surface area contributed by atoms with Gasteiger partial charge in [0.05, 0.1) is 11.9 Å². The van der Waals surface area contributed by atoms with E-state index in [2.05, 4.69) is 5.10 Å². The summed E-state index contributed by atoms with van der Waals surface area (Å²) < 4.78 is 7.29. The van der Waals surface area contributed by atoms with Gasteiger partial charge in [0.25, 0.3) is 0 Å². The fourth-order valence-corrected chi connectivity index (χ4v) is 1.98. The summed E-state index contributed by atoms with van der Waals surface area (Å²) in [6, 6.07) is 14.3. The molecule has 0 spiro atoms. The van der Waals surface area contributed by atoms with Crippen molar-refractivity contribution in [2.45, 2.75) is 6.92 Å². The average molecular weight is 281 g/mol. The van der Waals surface area contributed by atoms with E-state index in [9.17, 15) is 5.11 Å². The molecule has 0 fully saturated rings. The normalized spacial score (nSPS) is 10.5. The third-order valence-corrected chi connectivity index (χ3v) is 3.16. The zero-order valence-corrected chi connectivity index (χ0v) is 11.5. The van der Waals surface area contributed by atoms with E-state index < -0.39 is 0 Å². The minimum absolute atomic E-state index is 0.0602. The van der Waals surface area contributed by atoms with Crippen LogP contribution >= 0.6 is 0 Å². The molecule has 0 atom stereocenters. The number of phenolic OH excluding ortho intramolecular Hbond substituents is 1. The van der Waals surface area contributed by atoms with Gasteiger partial charge in [-0.05, 0) is 31.2 Å². The molecule has 0 amide bonds. The lowest BCUT2D eigenvalue weighted by atomic mass is 10.2. The number of hydrogen-bond donors (Lipinski definition) is 2. The molecule has 0 bridgehead atoms. The predicted octanol–water partition coefficient (Wildman–Crippen LogP) is 3.26. The molecule has 0 saturated heterocycles. The Kier molecular flexibility index (Phi) is 3.23. The van der Waals surface area contributed by atoms with Gasteiger partial charge in [-0.2, -0.15) is 5.10 Å². The highest BCUT2D eigenvalue weighted by atomic mass is 16.5. The third kappa shape index (κ3) is 2.53. The van der Waals surface area contributed by atoms with Crippen LogP contribution < -0.4 is 10.5 Å². The zero-order valence-electron chi connectivity index (χ0n) is 11.5. The number of benzene rings is 2. The lowest BCUT2D eigenvalue weighted by molar-refractivity contribution is 0.411. The van der Waals surface area contributed by atoms with Crippen LogP contribution in [0.2, 0.25) is 0 Å². The van der Waals surface area contributed by atoms with Gasteiger partial charge in [0.2, 0.25) is 0 Å². The standard InChI is InChI=1S/C16H15N3O2/c1-11-10-18-19(16(11)17)12-7-8-14(20)15(9-12)21-13-5-3-2-4-6-13/h2-10,20H,17H2,1H3. The lowest BCUT2D eigenvalue weighted by Gasteiger charge is -2.10. The summed E-state index contributed by atoms with van der Waals surface area (Å²) in [4.78, 5) is 0. The van der Waals surface area contributed by atoms with Crippen LogP contribution in [-0.2, 0) is 0 Å². The van der Waals surface area contributed by atoms with Crippen LogP contribution in [-0.4, -0.2) is 14.9 Å². The summed E-state index contributed by atoms with van der Waals surface area (Å²) in [6.07, 6.45) is 1.69. The molecule has 2 aromatic carbocycles. The molecule has 0 aliphatic carbocycles. The Morgan fingerprint density at radius 1 is 1.14 bits per heavy atom. The highest BCUT2D eigenvalue weighted by Crippen LogP contribution is 2.33. The van der Waals surface area contributed by atoms with E-state index >= 15 is 0 Å². The van der Waals surface area contributed by atoms with Crippen molar-refractivity contribution >= 4 is 5.82 Å². The van der Waals surface area contributed by atoms with Crippen molar-refractivity contribution in [2.75, 3.05) is 5.73 Å². The number of aryl methyl sites for hydroxylation is 1. The van der Waals surface area contributed by atoms with E-state index in [0.29, 0.717) is 17.3 Å². The van der Waals surface area contributed by atoms with Gasteiger partial charge < -0.3 is 15.6 Å². The number of hydrogen-bond acceptors (Lipinski definition) is 4. The fraction of sp³-hybridized carbons (Fsp3) is 0.0625. The van der Waals surface area contributed by atoms with Crippen LogP contribution in [0.15, 0.2) is 54.7 Å². The Morgan fingerprint density at radius 2 is 1.90 bits per heavy atom. The summed E-state index contributed by atoms with van der Waals surface area (Å²) >= 11 is 0. The van der Waals surface area contributed by atoms with Crippen LogP contribution in [0, 0.1) is 6.92 Å². The second-order valence-electron chi connectivity index (χ2n) is 4.69. The number of ether oxygens (including phenoxy) is 1. The maximum Gasteiger partial charge on any atom is 0.171 e. The highest BCUT2D eigenvalue weighted by Gasteiger charge is 2.10. The van der Waals surface area contributed by atoms with Gasteiger partial charge in [0.15, 0.2) is 11.5 Å². The molecule has 3 aromatic rings. The molecular weight excluding hydrogens is 266 g/mol. The molecule has 3 rings (SSSR count). The Labute approximate surface area is 122 Å². The Bertz CT molecular complexity index is 766. The van der Waals surface area contributed by atoms with E-state index in [1.165, 1.54) is 0 Å². The fourth-order valence-electron chi connectivity index (χ4n) is 1.98. The number of aromatic hydroxyl groups is 1. The largest absolute Gasteiger partial charge is 0.504 e. The van der Waals surface area contributed by atoms with Crippen LogP contribution in [0.25, 0.3) is 5.69 Å². The van der Waals surface area contributed by atoms with Crippen LogP contribution in [0.5, 0.6) is 17.2 Å². The quantitative estimate of drug-likeness (QED) is 0.772. The molecule has 5 nitrogen and oxygen atoms in total. The summed E-state index contributed by atoms with van der Waals surface area (Å²) in [5, 5.41) is 14.1. The first-order valence-electron chi connectivity index (χ1n) is 6.51. The van der Waals surface area contributed by atoms with E-state index in [1.54, 1.807) is 29.1 Å². The second-order valence-corrected chi connectivity index (χ2v) is 4.69. The maximum atomic E-state index is 9.93. The minimum atomic E-state index is 0.0602. The summed E-state index contributed by atoms with van der Waals surface area (Å²) in [6.45, 7) is 1.89. The first kappa shape index (κ1) is 13.1. The number of anilines is 1. The van der Waals surface area contributed by atoms with E-state index in [1.807, 2.05) is 37.3 Å². The molecular formula is C16H15N3O2. The van der Waals surface area contributed by atoms with Gasteiger partial charge >= 0.3 is 0 Å². The molecule has 1 heterocycles. The van der Waals surface area contributed by atoms with Crippen molar-refractivity contribution in [3.05, 3.63) is 60.3 Å². The van der Waals surface area contributed by atoms with Gasteiger partial charge in [-0.25, -0.2) is 4.68 Å². The molecule has 0 aliphatic heterocycles. The summed E-state index contributed by atoms with van der Waals surface area (Å²) in [5.41, 5.74) is 7.60. The van der Waals surface area contributed by atoms with Gasteiger partial charge in [-0.1, -0.05) is 18.2 Å². The van der Waals surface area contributed by atoms with Crippen LogP contribution in [0.4, 0.5) is 5.82 Å². The molecule has 21 heavy (non-hydrogen) atoms. The molecule has 0 aliphatic rings. The van der Waals surface area contributed by atoms with Gasteiger partial charge in [-0.15, -0.1) is 0 Å². The molecule has 1 aromatic heterocycles. The van der Waals surface area contributed by atoms with Crippen molar-refractivity contribution in [3.63, 3.8) is 0 Å². The molecule has 0 saturated carbocycles. The highest BCUT2D eigenvalue weighted by molar-refractivity contribution is 5.53. The average Bonchev–Trinajstić information content (AvgIpc) is 2.83. The van der Waals surface area contributed by atoms with Gasteiger partial charge in [-0.3, -0.25) is 0 Å². The Morgan fingerprint density at radius 3 is 2.57 bits per heavy atom. The van der Waals surface area contributed by atoms with Crippen molar-refractivity contribution in [1.82, 2.24) is 9.78 Å². The van der Waals surface area contributed by atoms with Crippen molar-refractivity contribution in [2.24, 2.45) is 0 Å². The SMILES string of the molecule is Cc1cnn(-c2ccc(O)c(Oc3ccccc3)c2)c1N. The molecule has 0 radical (unpaired) electrons. The third-order valence-electron chi connectivity index (χ3n) is 3.16. The van der Waals surface area contributed by atoms with Gasteiger partial charge in [0.1, 0.15) is 11.6 Å². The van der Waals surface area contributed by atoms with E-state index in [4.69, 9.17) is 10.5 Å².